The Balaban J connectivity index is 1.57. The van der Waals surface area contributed by atoms with Crippen LogP contribution in [0.15, 0.2) is 42.5 Å². The predicted octanol–water partition coefficient (Wildman–Crippen LogP) is 4.45. The van der Waals surface area contributed by atoms with Crippen LogP contribution < -0.4 is 10.6 Å². The van der Waals surface area contributed by atoms with E-state index >= 15 is 0 Å². The van der Waals surface area contributed by atoms with Gasteiger partial charge in [0.25, 0.3) is 5.91 Å². The molecule has 0 atom stereocenters. The van der Waals surface area contributed by atoms with Crippen molar-refractivity contribution in [3.05, 3.63) is 58.1 Å². The van der Waals surface area contributed by atoms with Gasteiger partial charge >= 0.3 is 0 Å². The van der Waals surface area contributed by atoms with Crippen LogP contribution in [0.1, 0.15) is 10.4 Å². The van der Waals surface area contributed by atoms with Crippen molar-refractivity contribution >= 4 is 56.5 Å². The van der Waals surface area contributed by atoms with E-state index in [4.69, 9.17) is 23.2 Å². The second-order valence-electron chi connectivity index (χ2n) is 4.81. The summed E-state index contributed by atoms with van der Waals surface area (Å²) in [6.07, 6.45) is 0. The first-order valence-corrected chi connectivity index (χ1v) is 8.50. The van der Waals surface area contributed by atoms with Crippen LogP contribution >= 0.6 is 34.7 Å². The van der Waals surface area contributed by atoms with Gasteiger partial charge in [-0.05, 0) is 35.8 Å². The molecule has 4 nitrogen and oxygen atoms in total. The van der Waals surface area contributed by atoms with Crippen LogP contribution in [0.4, 0.5) is 5.82 Å². The van der Waals surface area contributed by atoms with Crippen molar-refractivity contribution in [3.63, 3.8) is 0 Å². The van der Waals surface area contributed by atoms with E-state index < -0.39 is 0 Å². The van der Waals surface area contributed by atoms with Crippen LogP contribution in [-0.2, 0) is 0 Å². The van der Waals surface area contributed by atoms with Crippen molar-refractivity contribution in [2.45, 2.75) is 0 Å². The van der Waals surface area contributed by atoms with Gasteiger partial charge in [-0.3, -0.25) is 4.79 Å². The third-order valence-electron chi connectivity index (χ3n) is 3.27. The molecule has 3 aromatic rings. The van der Waals surface area contributed by atoms with E-state index in [1.54, 1.807) is 18.2 Å². The van der Waals surface area contributed by atoms with Gasteiger partial charge < -0.3 is 10.6 Å². The lowest BCUT2D eigenvalue weighted by Crippen LogP contribution is -2.29. The summed E-state index contributed by atoms with van der Waals surface area (Å²) in [4.78, 5) is 12.1. The average molecular weight is 366 g/mol. The van der Waals surface area contributed by atoms with Gasteiger partial charge in [-0.25, -0.2) is 0 Å². The molecule has 0 aliphatic heterocycles. The topological polar surface area (TPSA) is 54.0 Å². The SMILES string of the molecule is O=C(NCCNc1nsc2ccccc12)c1c(Cl)cccc1Cl. The van der Waals surface area contributed by atoms with E-state index in [0.29, 0.717) is 28.7 Å². The molecule has 0 aliphatic carbocycles. The highest BCUT2D eigenvalue weighted by molar-refractivity contribution is 7.13. The fourth-order valence-electron chi connectivity index (χ4n) is 2.17. The molecule has 0 aliphatic rings. The van der Waals surface area contributed by atoms with Crippen molar-refractivity contribution in [1.29, 1.82) is 0 Å². The standard InChI is InChI=1S/C16H13Cl2N3OS/c17-11-5-3-6-12(18)14(11)16(22)20-9-8-19-15-10-4-1-2-7-13(10)23-21-15/h1-7H,8-9H2,(H,19,21)(H,20,22). The number of carbonyl (C=O) groups is 1. The minimum absolute atomic E-state index is 0.287. The normalized spacial score (nSPS) is 10.7. The number of carbonyl (C=O) groups excluding carboxylic acids is 1. The third kappa shape index (κ3) is 3.58. The van der Waals surface area contributed by atoms with Crippen molar-refractivity contribution in [2.75, 3.05) is 18.4 Å². The fraction of sp³-hybridized carbons (Fsp3) is 0.125. The van der Waals surface area contributed by atoms with E-state index in [9.17, 15) is 4.79 Å². The largest absolute Gasteiger partial charge is 0.367 e. The zero-order chi connectivity index (χ0) is 16.2. The monoisotopic (exact) mass is 365 g/mol. The first-order valence-electron chi connectivity index (χ1n) is 6.97. The Morgan fingerprint density at radius 2 is 1.78 bits per heavy atom. The molecule has 2 N–H and O–H groups in total. The first-order chi connectivity index (χ1) is 11.2. The van der Waals surface area contributed by atoms with Gasteiger partial charge in [0.05, 0.1) is 20.3 Å². The summed E-state index contributed by atoms with van der Waals surface area (Å²) in [5.41, 5.74) is 0.301. The quantitative estimate of drug-likeness (QED) is 0.656. The summed E-state index contributed by atoms with van der Waals surface area (Å²) in [7, 11) is 0. The molecule has 2 aromatic carbocycles. The Kier molecular flexibility index (Phi) is 5.00. The molecular formula is C16H13Cl2N3OS. The Morgan fingerprint density at radius 3 is 2.57 bits per heavy atom. The first kappa shape index (κ1) is 16.1. The summed E-state index contributed by atoms with van der Waals surface area (Å²) in [5, 5.41) is 7.78. The molecular weight excluding hydrogens is 353 g/mol. The molecule has 0 fully saturated rings. The van der Waals surface area contributed by atoms with Crippen LogP contribution in [0, 0.1) is 0 Å². The molecule has 1 amide bonds. The van der Waals surface area contributed by atoms with Gasteiger partial charge in [0.1, 0.15) is 5.82 Å². The molecule has 7 heteroatoms. The van der Waals surface area contributed by atoms with Crippen LogP contribution in [0.5, 0.6) is 0 Å². The number of nitrogens with one attached hydrogen (secondary N) is 2. The number of hydrogen-bond donors (Lipinski definition) is 2. The summed E-state index contributed by atoms with van der Waals surface area (Å²) < 4.78 is 5.50. The van der Waals surface area contributed by atoms with Gasteiger partial charge in [-0.15, -0.1) is 0 Å². The summed E-state index contributed by atoms with van der Waals surface area (Å²) >= 11 is 13.5. The molecule has 1 aromatic heterocycles. The molecule has 0 saturated carbocycles. The molecule has 0 unspecified atom stereocenters. The highest BCUT2D eigenvalue weighted by Gasteiger charge is 2.13. The van der Waals surface area contributed by atoms with Gasteiger partial charge in [-0.2, -0.15) is 4.37 Å². The second-order valence-corrected chi connectivity index (χ2v) is 6.43. The lowest BCUT2D eigenvalue weighted by molar-refractivity contribution is 0.0955. The molecule has 23 heavy (non-hydrogen) atoms. The zero-order valence-corrected chi connectivity index (χ0v) is 14.3. The molecule has 118 valence electrons. The number of nitrogens with zero attached hydrogens (tertiary/aromatic N) is 1. The Hall–Kier alpha value is -1.82. The van der Waals surface area contributed by atoms with Gasteiger partial charge in [0, 0.05) is 18.5 Å². The highest BCUT2D eigenvalue weighted by Crippen LogP contribution is 2.26. The maximum absolute atomic E-state index is 12.1. The maximum atomic E-state index is 12.1. The smallest absolute Gasteiger partial charge is 0.254 e. The van der Waals surface area contributed by atoms with E-state index in [1.165, 1.54) is 11.5 Å². The van der Waals surface area contributed by atoms with Crippen LogP contribution in [-0.4, -0.2) is 23.4 Å². The number of rotatable bonds is 5. The van der Waals surface area contributed by atoms with Crippen molar-refractivity contribution in [3.8, 4) is 0 Å². The molecule has 0 saturated heterocycles. The minimum atomic E-state index is -0.287. The summed E-state index contributed by atoms with van der Waals surface area (Å²) in [6, 6.07) is 13.0. The zero-order valence-electron chi connectivity index (χ0n) is 12.0. The van der Waals surface area contributed by atoms with Gasteiger partial charge in [0.2, 0.25) is 0 Å². The van der Waals surface area contributed by atoms with Crippen molar-refractivity contribution < 1.29 is 4.79 Å². The lowest BCUT2D eigenvalue weighted by atomic mass is 10.2. The van der Waals surface area contributed by atoms with Crippen molar-refractivity contribution in [2.24, 2.45) is 0 Å². The maximum Gasteiger partial charge on any atom is 0.254 e. The Morgan fingerprint density at radius 1 is 1.04 bits per heavy atom. The Labute approximate surface area is 147 Å². The summed E-state index contributed by atoms with van der Waals surface area (Å²) in [5.74, 6) is 0.543. The lowest BCUT2D eigenvalue weighted by Gasteiger charge is -2.09. The van der Waals surface area contributed by atoms with Crippen LogP contribution in [0.3, 0.4) is 0 Å². The van der Waals surface area contributed by atoms with Crippen molar-refractivity contribution in [1.82, 2.24) is 9.69 Å². The number of aromatic nitrogens is 1. The Bertz CT molecular complexity index is 830. The second kappa shape index (κ2) is 7.17. The van der Waals surface area contributed by atoms with Gasteiger partial charge in [-0.1, -0.05) is 41.4 Å². The molecule has 3 rings (SSSR count). The third-order valence-corrected chi connectivity index (χ3v) is 4.73. The van der Waals surface area contributed by atoms with E-state index in [1.807, 2.05) is 24.3 Å². The number of benzene rings is 2. The molecule has 0 spiro atoms. The highest BCUT2D eigenvalue weighted by atomic mass is 35.5. The number of halogens is 2. The fourth-order valence-corrected chi connectivity index (χ4v) is 3.50. The number of anilines is 1. The van der Waals surface area contributed by atoms with Crippen LogP contribution in [0.25, 0.3) is 10.1 Å². The molecule has 0 bridgehead atoms. The van der Waals surface area contributed by atoms with Gasteiger partial charge in [0.15, 0.2) is 0 Å². The minimum Gasteiger partial charge on any atom is -0.367 e. The molecule has 1 heterocycles. The summed E-state index contributed by atoms with van der Waals surface area (Å²) in [6.45, 7) is 0.994. The number of amides is 1. The number of fused-ring (bicyclic) bond motifs is 1. The van der Waals surface area contributed by atoms with Crippen LogP contribution in [0.2, 0.25) is 10.0 Å². The number of hydrogen-bond acceptors (Lipinski definition) is 4. The van der Waals surface area contributed by atoms with E-state index in [-0.39, 0.29) is 5.91 Å². The van der Waals surface area contributed by atoms with E-state index in [0.717, 1.165) is 15.9 Å². The predicted molar refractivity (Wildman–Crippen MR) is 96.9 cm³/mol. The van der Waals surface area contributed by atoms with E-state index in [2.05, 4.69) is 15.0 Å². The molecule has 0 radical (unpaired) electrons. The average Bonchev–Trinajstić information content (AvgIpc) is 2.95.